The van der Waals surface area contributed by atoms with Crippen molar-refractivity contribution in [3.8, 4) is 0 Å². The van der Waals surface area contributed by atoms with Crippen LogP contribution in [0.5, 0.6) is 0 Å². The number of furan rings is 1. The Labute approximate surface area is 143 Å². The first kappa shape index (κ1) is 18.5. The number of benzene rings is 1. The zero-order chi connectivity index (χ0) is 17.9. The summed E-state index contributed by atoms with van der Waals surface area (Å²) in [4.78, 5) is 13.9. The number of carbonyl (C=O) groups excluding carboxylic acids is 1. The predicted octanol–water partition coefficient (Wildman–Crippen LogP) is 2.87. The van der Waals surface area contributed by atoms with Crippen LogP contribution in [0.15, 0.2) is 22.8 Å². The summed E-state index contributed by atoms with van der Waals surface area (Å²) in [5, 5.41) is 10.7. The molecule has 0 saturated heterocycles. The fourth-order valence-corrected chi connectivity index (χ4v) is 2.96. The number of methoxy groups -OCH3 is 1. The van der Waals surface area contributed by atoms with E-state index in [-0.39, 0.29) is 25.5 Å². The van der Waals surface area contributed by atoms with Gasteiger partial charge in [-0.1, -0.05) is 13.8 Å². The summed E-state index contributed by atoms with van der Waals surface area (Å²) >= 11 is 0. The number of carbonyl (C=O) groups is 1. The Bertz CT molecular complexity index is 705. The second-order valence-electron chi connectivity index (χ2n) is 6.68. The number of aliphatic hydroxyl groups is 1. The van der Waals surface area contributed by atoms with Crippen LogP contribution in [0.2, 0.25) is 0 Å². The molecule has 1 heterocycles. The van der Waals surface area contributed by atoms with Gasteiger partial charge in [-0.3, -0.25) is 4.79 Å². The number of rotatable bonds is 7. The van der Waals surface area contributed by atoms with Crippen LogP contribution >= 0.6 is 0 Å². The fraction of sp³-hybridized carbons (Fsp3) is 0.526. The molecule has 2 rings (SSSR count). The van der Waals surface area contributed by atoms with Crippen molar-refractivity contribution in [2.24, 2.45) is 0 Å². The Morgan fingerprint density at radius 2 is 2.08 bits per heavy atom. The predicted molar refractivity (Wildman–Crippen MR) is 94.3 cm³/mol. The van der Waals surface area contributed by atoms with E-state index < -0.39 is 6.10 Å². The molecule has 0 bridgehead atoms. The number of amides is 1. The van der Waals surface area contributed by atoms with Crippen molar-refractivity contribution < 1.29 is 19.1 Å². The molecule has 0 saturated carbocycles. The summed E-state index contributed by atoms with van der Waals surface area (Å²) in [5.74, 6) is 0.360. The quantitative estimate of drug-likeness (QED) is 0.846. The Kier molecular flexibility index (Phi) is 6.02. The van der Waals surface area contributed by atoms with E-state index in [4.69, 9.17) is 9.15 Å². The van der Waals surface area contributed by atoms with Crippen LogP contribution in [0.1, 0.15) is 36.5 Å². The molecule has 0 radical (unpaired) electrons. The highest BCUT2D eigenvalue weighted by molar-refractivity contribution is 5.88. The zero-order valence-electron chi connectivity index (χ0n) is 15.1. The number of ether oxygens (including phenoxy) is 1. The molecule has 0 spiro atoms. The monoisotopic (exact) mass is 333 g/mol. The third-order valence-corrected chi connectivity index (χ3v) is 4.28. The lowest BCUT2D eigenvalue weighted by Crippen LogP contribution is -2.37. The van der Waals surface area contributed by atoms with Crippen molar-refractivity contribution in [2.45, 2.75) is 39.2 Å². The van der Waals surface area contributed by atoms with Gasteiger partial charge in [0.05, 0.1) is 25.4 Å². The van der Waals surface area contributed by atoms with Gasteiger partial charge in [-0.05, 0) is 36.1 Å². The van der Waals surface area contributed by atoms with Crippen LogP contribution in [0.4, 0.5) is 0 Å². The first-order valence-corrected chi connectivity index (χ1v) is 8.25. The van der Waals surface area contributed by atoms with Crippen molar-refractivity contribution >= 4 is 16.9 Å². The summed E-state index contributed by atoms with van der Waals surface area (Å²) in [5.41, 5.74) is 4.15. The average molecular weight is 333 g/mol. The molecule has 1 N–H and O–H groups in total. The molecular weight excluding hydrogens is 306 g/mol. The first-order chi connectivity index (χ1) is 11.3. The molecule has 0 aliphatic carbocycles. The van der Waals surface area contributed by atoms with Crippen LogP contribution in [-0.4, -0.2) is 49.3 Å². The molecular formula is C19H27NO4. The maximum absolute atomic E-state index is 12.4. The van der Waals surface area contributed by atoms with E-state index in [0.717, 1.165) is 16.5 Å². The summed E-state index contributed by atoms with van der Waals surface area (Å²) in [6.45, 7) is 6.85. The Hall–Kier alpha value is -1.85. The SMILES string of the molecule is COCC(O)CN(C)C(=O)Cc1coc2cc(C)c(C(C)C)cc12. The molecule has 1 amide bonds. The van der Waals surface area contributed by atoms with E-state index in [0.29, 0.717) is 5.92 Å². The molecule has 1 unspecified atom stereocenters. The van der Waals surface area contributed by atoms with Crippen LogP contribution in [0, 0.1) is 6.92 Å². The van der Waals surface area contributed by atoms with E-state index in [1.165, 1.54) is 23.1 Å². The molecule has 1 atom stereocenters. The lowest BCUT2D eigenvalue weighted by atomic mass is 9.95. The van der Waals surface area contributed by atoms with Gasteiger partial charge in [0.2, 0.25) is 5.91 Å². The topological polar surface area (TPSA) is 62.9 Å². The Balaban J connectivity index is 2.17. The molecule has 1 aromatic carbocycles. The van der Waals surface area contributed by atoms with Gasteiger partial charge in [-0.15, -0.1) is 0 Å². The molecule has 5 heteroatoms. The van der Waals surface area contributed by atoms with Gasteiger partial charge in [0.25, 0.3) is 0 Å². The van der Waals surface area contributed by atoms with Gasteiger partial charge in [0, 0.05) is 31.7 Å². The van der Waals surface area contributed by atoms with Gasteiger partial charge in [0.1, 0.15) is 5.58 Å². The number of fused-ring (bicyclic) bond motifs is 1. The van der Waals surface area contributed by atoms with Crippen molar-refractivity contribution in [1.29, 1.82) is 0 Å². The van der Waals surface area contributed by atoms with E-state index in [9.17, 15) is 9.90 Å². The van der Waals surface area contributed by atoms with Crippen LogP contribution in [0.25, 0.3) is 11.0 Å². The Morgan fingerprint density at radius 1 is 1.38 bits per heavy atom. The van der Waals surface area contributed by atoms with Crippen LogP contribution in [0.3, 0.4) is 0 Å². The molecule has 24 heavy (non-hydrogen) atoms. The largest absolute Gasteiger partial charge is 0.464 e. The molecule has 132 valence electrons. The number of hydrogen-bond acceptors (Lipinski definition) is 4. The molecule has 0 aliphatic rings. The number of hydrogen-bond donors (Lipinski definition) is 1. The van der Waals surface area contributed by atoms with Crippen LogP contribution < -0.4 is 0 Å². The minimum atomic E-state index is -0.680. The van der Waals surface area contributed by atoms with E-state index in [1.54, 1.807) is 13.3 Å². The zero-order valence-corrected chi connectivity index (χ0v) is 15.1. The fourth-order valence-electron chi connectivity index (χ4n) is 2.96. The second kappa shape index (κ2) is 7.81. The maximum atomic E-state index is 12.4. The summed E-state index contributed by atoms with van der Waals surface area (Å²) in [7, 11) is 3.21. The molecule has 0 aliphatic heterocycles. The minimum Gasteiger partial charge on any atom is -0.464 e. The summed E-state index contributed by atoms with van der Waals surface area (Å²) in [6, 6.07) is 4.16. The molecule has 0 fully saturated rings. The first-order valence-electron chi connectivity index (χ1n) is 8.25. The Morgan fingerprint density at radius 3 is 2.71 bits per heavy atom. The van der Waals surface area contributed by atoms with Crippen molar-refractivity contribution in [3.63, 3.8) is 0 Å². The lowest BCUT2D eigenvalue weighted by molar-refractivity contribution is -0.130. The standard InChI is InChI=1S/C19H27NO4/c1-12(2)16-8-17-14(10-24-18(17)6-13(16)3)7-19(22)20(4)9-15(21)11-23-5/h6,8,10,12,15,21H,7,9,11H2,1-5H3. The number of aryl methyl sites for hydroxylation is 1. The molecule has 1 aromatic heterocycles. The van der Waals surface area contributed by atoms with E-state index >= 15 is 0 Å². The smallest absolute Gasteiger partial charge is 0.226 e. The average Bonchev–Trinajstić information content (AvgIpc) is 2.88. The number of aliphatic hydroxyl groups excluding tert-OH is 1. The van der Waals surface area contributed by atoms with Gasteiger partial charge in [-0.25, -0.2) is 0 Å². The van der Waals surface area contributed by atoms with Gasteiger partial charge < -0.3 is 19.2 Å². The van der Waals surface area contributed by atoms with E-state index in [1.807, 2.05) is 6.07 Å². The lowest BCUT2D eigenvalue weighted by Gasteiger charge is -2.20. The van der Waals surface area contributed by atoms with E-state index in [2.05, 4.69) is 26.8 Å². The van der Waals surface area contributed by atoms with Gasteiger partial charge in [0.15, 0.2) is 0 Å². The van der Waals surface area contributed by atoms with Crippen molar-refractivity contribution in [1.82, 2.24) is 4.90 Å². The number of nitrogens with zero attached hydrogens (tertiary/aromatic N) is 1. The third-order valence-electron chi connectivity index (χ3n) is 4.28. The highest BCUT2D eigenvalue weighted by Gasteiger charge is 2.18. The highest BCUT2D eigenvalue weighted by Crippen LogP contribution is 2.29. The molecule has 2 aromatic rings. The van der Waals surface area contributed by atoms with Gasteiger partial charge in [-0.2, -0.15) is 0 Å². The van der Waals surface area contributed by atoms with Crippen molar-refractivity contribution in [3.05, 3.63) is 35.1 Å². The highest BCUT2D eigenvalue weighted by atomic mass is 16.5. The van der Waals surface area contributed by atoms with Crippen molar-refractivity contribution in [2.75, 3.05) is 27.3 Å². The summed E-state index contributed by atoms with van der Waals surface area (Å²) < 4.78 is 10.5. The molecule has 5 nitrogen and oxygen atoms in total. The normalized spacial score (nSPS) is 12.8. The summed E-state index contributed by atoms with van der Waals surface area (Å²) in [6.07, 6.45) is 1.23. The second-order valence-corrected chi connectivity index (χ2v) is 6.68. The minimum absolute atomic E-state index is 0.0560. The third kappa shape index (κ3) is 4.16. The van der Waals surface area contributed by atoms with Gasteiger partial charge >= 0.3 is 0 Å². The number of likely N-dealkylation sites (N-methyl/N-ethyl adjacent to an activating group) is 1. The maximum Gasteiger partial charge on any atom is 0.226 e. The van der Waals surface area contributed by atoms with Crippen LogP contribution in [-0.2, 0) is 16.0 Å².